The SMILES string of the molecule is O=C1N/C(=C\c2c[nH]c3cc(Cl)ccc23)C(=O)N1C(CO)c1ccc(Cl)cc1. The minimum absolute atomic E-state index is 0.133. The molecule has 0 aliphatic carbocycles. The van der Waals surface area contributed by atoms with E-state index in [9.17, 15) is 14.7 Å². The molecule has 2 heterocycles. The van der Waals surface area contributed by atoms with Gasteiger partial charge in [0.15, 0.2) is 0 Å². The first-order valence-corrected chi connectivity index (χ1v) is 9.22. The molecule has 0 saturated carbocycles. The first kappa shape index (κ1) is 18.6. The number of nitrogens with zero attached hydrogens (tertiary/aromatic N) is 1. The molecule has 1 aliphatic heterocycles. The summed E-state index contributed by atoms with van der Waals surface area (Å²) >= 11 is 11.9. The first-order chi connectivity index (χ1) is 13.5. The maximum atomic E-state index is 12.9. The summed E-state index contributed by atoms with van der Waals surface area (Å²) in [5, 5.41) is 14.4. The van der Waals surface area contributed by atoms with Gasteiger partial charge in [0.05, 0.1) is 12.6 Å². The van der Waals surface area contributed by atoms with Crippen LogP contribution < -0.4 is 5.32 Å². The summed E-state index contributed by atoms with van der Waals surface area (Å²) in [5.74, 6) is -0.512. The molecule has 1 unspecified atom stereocenters. The van der Waals surface area contributed by atoms with Gasteiger partial charge >= 0.3 is 6.03 Å². The number of carbonyl (C=O) groups excluding carboxylic acids is 2. The fourth-order valence-electron chi connectivity index (χ4n) is 3.25. The lowest BCUT2D eigenvalue weighted by molar-refractivity contribution is -0.125. The van der Waals surface area contributed by atoms with E-state index < -0.39 is 24.6 Å². The Morgan fingerprint density at radius 1 is 1.07 bits per heavy atom. The Labute approximate surface area is 170 Å². The van der Waals surface area contributed by atoms with Crippen molar-refractivity contribution in [3.63, 3.8) is 0 Å². The first-order valence-electron chi connectivity index (χ1n) is 8.47. The summed E-state index contributed by atoms with van der Waals surface area (Å²) in [5.41, 5.74) is 2.30. The van der Waals surface area contributed by atoms with E-state index in [4.69, 9.17) is 23.2 Å². The molecule has 0 spiro atoms. The Balaban J connectivity index is 1.67. The number of amides is 3. The number of benzene rings is 2. The smallest absolute Gasteiger partial charge is 0.329 e. The Morgan fingerprint density at radius 3 is 2.50 bits per heavy atom. The molecule has 3 aromatic rings. The lowest BCUT2D eigenvalue weighted by atomic mass is 10.1. The number of imide groups is 1. The predicted octanol–water partition coefficient (Wildman–Crippen LogP) is 4.10. The topological polar surface area (TPSA) is 85.4 Å². The zero-order chi connectivity index (χ0) is 19.8. The van der Waals surface area contributed by atoms with E-state index in [1.165, 1.54) is 0 Å². The van der Waals surface area contributed by atoms with Gasteiger partial charge < -0.3 is 15.4 Å². The average molecular weight is 416 g/mol. The molecule has 2 aromatic carbocycles. The highest BCUT2D eigenvalue weighted by molar-refractivity contribution is 6.31. The fraction of sp³-hybridized carbons (Fsp3) is 0.100. The number of hydrogen-bond donors (Lipinski definition) is 3. The van der Waals surface area contributed by atoms with Gasteiger partial charge in [0.2, 0.25) is 0 Å². The molecule has 1 aliphatic rings. The van der Waals surface area contributed by atoms with Crippen LogP contribution in [0.4, 0.5) is 4.79 Å². The molecule has 28 heavy (non-hydrogen) atoms. The number of nitrogens with one attached hydrogen (secondary N) is 2. The molecule has 8 heteroatoms. The van der Waals surface area contributed by atoms with E-state index in [1.54, 1.807) is 48.7 Å². The van der Waals surface area contributed by atoms with Gasteiger partial charge in [0.1, 0.15) is 5.70 Å². The van der Waals surface area contributed by atoms with E-state index >= 15 is 0 Å². The molecule has 142 valence electrons. The van der Waals surface area contributed by atoms with Crippen molar-refractivity contribution in [2.45, 2.75) is 6.04 Å². The Morgan fingerprint density at radius 2 is 1.79 bits per heavy atom. The van der Waals surface area contributed by atoms with Crippen LogP contribution in [-0.4, -0.2) is 33.5 Å². The Bertz CT molecular complexity index is 1110. The third kappa shape index (κ3) is 3.26. The van der Waals surface area contributed by atoms with Crippen molar-refractivity contribution in [3.05, 3.63) is 75.5 Å². The Hall–Kier alpha value is -2.80. The minimum atomic E-state index is -0.808. The molecule has 6 nitrogen and oxygen atoms in total. The summed E-state index contributed by atoms with van der Waals surface area (Å²) in [4.78, 5) is 29.4. The molecule has 1 aromatic heterocycles. The quantitative estimate of drug-likeness (QED) is 0.442. The van der Waals surface area contributed by atoms with Gasteiger partial charge in [-0.05, 0) is 35.9 Å². The molecular weight excluding hydrogens is 401 g/mol. The monoisotopic (exact) mass is 415 g/mol. The number of aromatic amines is 1. The van der Waals surface area contributed by atoms with Gasteiger partial charge in [-0.1, -0.05) is 41.4 Å². The largest absolute Gasteiger partial charge is 0.394 e. The van der Waals surface area contributed by atoms with Gasteiger partial charge in [-0.15, -0.1) is 0 Å². The zero-order valence-electron chi connectivity index (χ0n) is 14.4. The standard InChI is InChI=1S/C20H15Cl2N3O3/c21-13-3-1-11(2-4-13)18(10-26)25-19(27)17(24-20(25)28)7-12-9-23-16-8-14(22)5-6-15(12)16/h1-9,18,23,26H,10H2,(H,24,28)/b17-7-. The normalized spacial score (nSPS) is 16.8. The molecular formula is C20H15Cl2N3O3. The zero-order valence-corrected chi connectivity index (χ0v) is 16.0. The summed E-state index contributed by atoms with van der Waals surface area (Å²) in [7, 11) is 0. The fourth-order valence-corrected chi connectivity index (χ4v) is 3.55. The predicted molar refractivity (Wildman–Crippen MR) is 108 cm³/mol. The number of hydrogen-bond acceptors (Lipinski definition) is 3. The third-order valence-corrected chi connectivity index (χ3v) is 5.11. The maximum absolute atomic E-state index is 12.9. The van der Waals surface area contributed by atoms with E-state index in [0.29, 0.717) is 15.6 Å². The Kier molecular flexibility index (Phi) is 4.85. The highest BCUT2D eigenvalue weighted by atomic mass is 35.5. The molecule has 4 rings (SSSR count). The van der Waals surface area contributed by atoms with Crippen LogP contribution in [0.2, 0.25) is 10.0 Å². The lowest BCUT2D eigenvalue weighted by Crippen LogP contribution is -2.36. The van der Waals surface area contributed by atoms with Gasteiger partial charge in [-0.3, -0.25) is 4.79 Å². The summed E-state index contributed by atoms with van der Waals surface area (Å²) in [6.07, 6.45) is 3.34. The van der Waals surface area contributed by atoms with Crippen LogP contribution in [0.25, 0.3) is 17.0 Å². The van der Waals surface area contributed by atoms with Gasteiger partial charge in [0.25, 0.3) is 5.91 Å². The van der Waals surface area contributed by atoms with Crippen molar-refractivity contribution in [3.8, 4) is 0 Å². The van der Waals surface area contributed by atoms with E-state index in [-0.39, 0.29) is 5.70 Å². The third-order valence-electron chi connectivity index (χ3n) is 4.62. The van der Waals surface area contributed by atoms with Crippen LogP contribution in [0.5, 0.6) is 0 Å². The minimum Gasteiger partial charge on any atom is -0.394 e. The van der Waals surface area contributed by atoms with Crippen molar-refractivity contribution in [1.29, 1.82) is 0 Å². The van der Waals surface area contributed by atoms with Crippen molar-refractivity contribution in [2.75, 3.05) is 6.61 Å². The number of halogens is 2. The number of urea groups is 1. The van der Waals surface area contributed by atoms with Crippen LogP contribution in [0.1, 0.15) is 17.2 Å². The molecule has 3 amide bonds. The van der Waals surface area contributed by atoms with E-state index in [2.05, 4.69) is 10.3 Å². The number of H-pyrrole nitrogens is 1. The van der Waals surface area contributed by atoms with Gasteiger partial charge in [-0.2, -0.15) is 0 Å². The number of fused-ring (bicyclic) bond motifs is 1. The van der Waals surface area contributed by atoms with Crippen LogP contribution in [0.3, 0.4) is 0 Å². The maximum Gasteiger partial charge on any atom is 0.329 e. The van der Waals surface area contributed by atoms with E-state index in [1.807, 2.05) is 6.07 Å². The lowest BCUT2D eigenvalue weighted by Gasteiger charge is -2.23. The highest BCUT2D eigenvalue weighted by Crippen LogP contribution is 2.29. The second kappa shape index (κ2) is 7.31. The summed E-state index contributed by atoms with van der Waals surface area (Å²) < 4.78 is 0. The van der Waals surface area contributed by atoms with Crippen molar-refractivity contribution in [1.82, 2.24) is 15.2 Å². The second-order valence-corrected chi connectivity index (χ2v) is 7.22. The van der Waals surface area contributed by atoms with Crippen molar-refractivity contribution in [2.24, 2.45) is 0 Å². The van der Waals surface area contributed by atoms with E-state index in [0.717, 1.165) is 21.4 Å². The van der Waals surface area contributed by atoms with Crippen LogP contribution in [0.15, 0.2) is 54.4 Å². The van der Waals surface area contributed by atoms with Gasteiger partial charge in [0, 0.05) is 32.7 Å². The molecule has 0 radical (unpaired) electrons. The summed E-state index contributed by atoms with van der Waals surface area (Å²) in [6.45, 7) is -0.403. The number of aliphatic hydroxyl groups is 1. The molecule has 1 fully saturated rings. The number of rotatable bonds is 4. The number of aromatic nitrogens is 1. The molecule has 0 bridgehead atoms. The second-order valence-electron chi connectivity index (χ2n) is 6.35. The van der Waals surface area contributed by atoms with Gasteiger partial charge in [-0.25, -0.2) is 9.69 Å². The van der Waals surface area contributed by atoms with Crippen LogP contribution in [-0.2, 0) is 4.79 Å². The average Bonchev–Trinajstić information content (AvgIpc) is 3.19. The summed E-state index contributed by atoms with van der Waals surface area (Å²) in [6, 6.07) is 10.6. The highest BCUT2D eigenvalue weighted by Gasteiger charge is 2.39. The molecule has 1 atom stereocenters. The molecule has 1 saturated heterocycles. The number of aliphatic hydroxyl groups excluding tert-OH is 1. The van der Waals surface area contributed by atoms with Crippen molar-refractivity contribution < 1.29 is 14.7 Å². The molecule has 3 N–H and O–H groups in total. The number of carbonyl (C=O) groups is 2. The van der Waals surface area contributed by atoms with Crippen LogP contribution in [0, 0.1) is 0 Å². The van der Waals surface area contributed by atoms with Crippen LogP contribution >= 0.6 is 23.2 Å². The van der Waals surface area contributed by atoms with Crippen molar-refractivity contribution >= 4 is 52.1 Å².